The number of rotatable bonds is 2. The van der Waals surface area contributed by atoms with Gasteiger partial charge in [0, 0.05) is 47.7 Å². The van der Waals surface area contributed by atoms with Gasteiger partial charge in [0.05, 0.1) is 11.9 Å². The second kappa shape index (κ2) is 5.00. The molecule has 6 heteroatoms. The lowest BCUT2D eigenvalue weighted by atomic mass is 10.1. The molecule has 0 unspecified atom stereocenters. The SMILES string of the molecule is Cc1ccncc1-c1ccnn2c(-c3cncnc3)cnc12. The van der Waals surface area contributed by atoms with Crippen molar-refractivity contribution in [2.45, 2.75) is 6.92 Å². The van der Waals surface area contributed by atoms with Crippen LogP contribution in [-0.2, 0) is 0 Å². The predicted octanol–water partition coefficient (Wildman–Crippen LogP) is 2.56. The smallest absolute Gasteiger partial charge is 0.162 e. The average molecular weight is 288 g/mol. The molecule has 0 amide bonds. The van der Waals surface area contributed by atoms with Crippen molar-refractivity contribution < 1.29 is 0 Å². The summed E-state index contributed by atoms with van der Waals surface area (Å²) in [5.41, 5.74) is 5.73. The monoisotopic (exact) mass is 288 g/mol. The van der Waals surface area contributed by atoms with Crippen LogP contribution in [0.15, 0.2) is 55.6 Å². The molecular formula is C16H12N6. The molecule has 0 bridgehead atoms. The van der Waals surface area contributed by atoms with Crippen LogP contribution in [-0.4, -0.2) is 29.5 Å². The fourth-order valence-corrected chi connectivity index (χ4v) is 2.48. The third-order valence-corrected chi connectivity index (χ3v) is 3.59. The van der Waals surface area contributed by atoms with Crippen molar-refractivity contribution in [1.82, 2.24) is 29.5 Å². The summed E-state index contributed by atoms with van der Waals surface area (Å²) in [6.07, 6.45) is 12.2. The maximum Gasteiger partial charge on any atom is 0.162 e. The first-order valence-corrected chi connectivity index (χ1v) is 6.84. The first-order chi connectivity index (χ1) is 10.8. The van der Waals surface area contributed by atoms with Gasteiger partial charge in [-0.15, -0.1) is 0 Å². The Labute approximate surface area is 126 Å². The van der Waals surface area contributed by atoms with E-state index in [1.807, 2.05) is 18.3 Å². The molecule has 4 aromatic rings. The van der Waals surface area contributed by atoms with E-state index in [9.17, 15) is 0 Å². The number of hydrogen-bond acceptors (Lipinski definition) is 5. The van der Waals surface area contributed by atoms with E-state index in [2.05, 4.69) is 32.0 Å². The topological polar surface area (TPSA) is 68.9 Å². The Morgan fingerprint density at radius 1 is 0.864 bits per heavy atom. The highest BCUT2D eigenvalue weighted by Gasteiger charge is 2.13. The lowest BCUT2D eigenvalue weighted by Gasteiger charge is -2.07. The number of hydrogen-bond donors (Lipinski definition) is 0. The molecule has 4 rings (SSSR count). The molecule has 0 saturated heterocycles. The molecule has 0 N–H and O–H groups in total. The van der Waals surface area contributed by atoms with Crippen molar-refractivity contribution in [1.29, 1.82) is 0 Å². The van der Waals surface area contributed by atoms with E-state index in [0.29, 0.717) is 0 Å². The molecule has 0 aliphatic heterocycles. The number of nitrogens with zero attached hydrogens (tertiary/aromatic N) is 6. The highest BCUT2D eigenvalue weighted by molar-refractivity contribution is 5.80. The van der Waals surface area contributed by atoms with Crippen LogP contribution in [0, 0.1) is 6.92 Å². The van der Waals surface area contributed by atoms with Gasteiger partial charge in [0.1, 0.15) is 6.33 Å². The van der Waals surface area contributed by atoms with Crippen molar-refractivity contribution in [3.05, 3.63) is 61.2 Å². The van der Waals surface area contributed by atoms with Crippen molar-refractivity contribution in [3.63, 3.8) is 0 Å². The maximum absolute atomic E-state index is 4.53. The molecule has 4 heterocycles. The lowest BCUT2D eigenvalue weighted by molar-refractivity contribution is 0.941. The third kappa shape index (κ3) is 1.93. The van der Waals surface area contributed by atoms with Gasteiger partial charge in [0.15, 0.2) is 5.65 Å². The highest BCUT2D eigenvalue weighted by Crippen LogP contribution is 2.28. The highest BCUT2D eigenvalue weighted by atomic mass is 15.3. The van der Waals surface area contributed by atoms with Gasteiger partial charge in [-0.3, -0.25) is 4.98 Å². The zero-order chi connectivity index (χ0) is 14.9. The summed E-state index contributed by atoms with van der Waals surface area (Å²) in [5.74, 6) is 0. The zero-order valence-corrected chi connectivity index (χ0v) is 11.9. The molecule has 0 fully saturated rings. The van der Waals surface area contributed by atoms with Gasteiger partial charge in [0.2, 0.25) is 0 Å². The minimum atomic E-state index is 0.789. The quantitative estimate of drug-likeness (QED) is 0.567. The number of pyridine rings is 1. The Bertz CT molecular complexity index is 945. The summed E-state index contributed by atoms with van der Waals surface area (Å²) in [7, 11) is 0. The Hall–Kier alpha value is -3.15. The summed E-state index contributed by atoms with van der Waals surface area (Å²) in [6.45, 7) is 2.06. The summed E-state index contributed by atoms with van der Waals surface area (Å²) in [6, 6.07) is 3.94. The molecule has 0 aliphatic carbocycles. The van der Waals surface area contributed by atoms with E-state index in [1.165, 1.54) is 6.33 Å². The molecule has 0 saturated carbocycles. The van der Waals surface area contributed by atoms with Crippen molar-refractivity contribution in [3.8, 4) is 22.4 Å². The molecule has 0 atom stereocenters. The molecule has 0 spiro atoms. The fraction of sp³-hybridized carbons (Fsp3) is 0.0625. The van der Waals surface area contributed by atoms with Gasteiger partial charge in [0.25, 0.3) is 0 Å². The van der Waals surface area contributed by atoms with Crippen LogP contribution < -0.4 is 0 Å². The van der Waals surface area contributed by atoms with Crippen LogP contribution >= 0.6 is 0 Å². The number of aromatic nitrogens is 6. The maximum atomic E-state index is 4.53. The Morgan fingerprint density at radius 3 is 2.55 bits per heavy atom. The normalized spacial score (nSPS) is 11.0. The van der Waals surface area contributed by atoms with E-state index >= 15 is 0 Å². The van der Waals surface area contributed by atoms with Crippen LogP contribution in [0.4, 0.5) is 0 Å². The number of fused-ring (bicyclic) bond motifs is 1. The van der Waals surface area contributed by atoms with Crippen LogP contribution in [0.3, 0.4) is 0 Å². The van der Waals surface area contributed by atoms with E-state index in [-0.39, 0.29) is 0 Å². The minimum Gasteiger partial charge on any atom is -0.264 e. The van der Waals surface area contributed by atoms with Gasteiger partial charge in [-0.2, -0.15) is 5.10 Å². The van der Waals surface area contributed by atoms with Crippen molar-refractivity contribution in [2.75, 3.05) is 0 Å². The molecule has 106 valence electrons. The third-order valence-electron chi connectivity index (χ3n) is 3.59. The number of aryl methyl sites for hydroxylation is 1. The largest absolute Gasteiger partial charge is 0.264 e. The standard InChI is InChI=1S/C16H12N6/c1-11-2-4-17-8-14(11)13-3-5-21-22-15(9-20-16(13)22)12-6-18-10-19-7-12/h2-10H,1H3. The van der Waals surface area contributed by atoms with Crippen LogP contribution in [0.25, 0.3) is 28.0 Å². The predicted molar refractivity (Wildman–Crippen MR) is 82.0 cm³/mol. The van der Waals surface area contributed by atoms with Gasteiger partial charge < -0.3 is 0 Å². The number of imidazole rings is 1. The molecule has 0 radical (unpaired) electrons. The van der Waals surface area contributed by atoms with Crippen LogP contribution in [0.1, 0.15) is 5.56 Å². The summed E-state index contributed by atoms with van der Waals surface area (Å²) >= 11 is 0. The minimum absolute atomic E-state index is 0.789. The molecule has 0 aliphatic rings. The molecular weight excluding hydrogens is 276 g/mol. The van der Waals surface area contributed by atoms with Crippen LogP contribution in [0.5, 0.6) is 0 Å². The average Bonchev–Trinajstić information content (AvgIpc) is 3.00. The molecule has 22 heavy (non-hydrogen) atoms. The summed E-state index contributed by atoms with van der Waals surface area (Å²) in [5, 5.41) is 4.41. The second-order valence-electron chi connectivity index (χ2n) is 4.94. The van der Waals surface area contributed by atoms with Gasteiger partial charge in [-0.05, 0) is 24.6 Å². The molecule has 6 nitrogen and oxygen atoms in total. The van der Waals surface area contributed by atoms with Gasteiger partial charge >= 0.3 is 0 Å². The van der Waals surface area contributed by atoms with E-state index in [4.69, 9.17) is 0 Å². The van der Waals surface area contributed by atoms with Crippen molar-refractivity contribution in [2.24, 2.45) is 0 Å². The Morgan fingerprint density at radius 2 is 1.73 bits per heavy atom. The van der Waals surface area contributed by atoms with E-state index in [1.54, 1.807) is 35.5 Å². The Balaban J connectivity index is 1.97. The van der Waals surface area contributed by atoms with E-state index in [0.717, 1.165) is 33.6 Å². The zero-order valence-electron chi connectivity index (χ0n) is 11.9. The molecule has 0 aromatic carbocycles. The first kappa shape index (κ1) is 12.6. The van der Waals surface area contributed by atoms with Crippen molar-refractivity contribution >= 4 is 5.65 Å². The summed E-state index contributed by atoms with van der Waals surface area (Å²) in [4.78, 5) is 16.9. The lowest BCUT2D eigenvalue weighted by Crippen LogP contribution is -1.97. The summed E-state index contributed by atoms with van der Waals surface area (Å²) < 4.78 is 1.81. The molecule has 4 aromatic heterocycles. The van der Waals surface area contributed by atoms with Crippen LogP contribution in [0.2, 0.25) is 0 Å². The van der Waals surface area contributed by atoms with Gasteiger partial charge in [-0.25, -0.2) is 19.5 Å². The fourth-order valence-electron chi connectivity index (χ4n) is 2.48. The van der Waals surface area contributed by atoms with E-state index < -0.39 is 0 Å². The second-order valence-corrected chi connectivity index (χ2v) is 4.94. The Kier molecular flexibility index (Phi) is 2.86. The first-order valence-electron chi connectivity index (χ1n) is 6.84. The van der Waals surface area contributed by atoms with Gasteiger partial charge in [-0.1, -0.05) is 0 Å².